The van der Waals surface area contributed by atoms with Crippen LogP contribution in [-0.2, 0) is 9.84 Å². The van der Waals surface area contributed by atoms with Crippen molar-refractivity contribution in [3.05, 3.63) is 16.2 Å². The normalized spacial score (nSPS) is 11.4. The first-order chi connectivity index (χ1) is 7.86. The minimum absolute atomic E-state index is 0.0100. The summed E-state index contributed by atoms with van der Waals surface area (Å²) >= 11 is 2.50. The van der Waals surface area contributed by atoms with Gasteiger partial charge in [0.15, 0.2) is 14.8 Å². The van der Waals surface area contributed by atoms with Gasteiger partial charge in [0.2, 0.25) is 0 Å². The molecule has 0 saturated carbocycles. The number of thioether (sulfide) groups is 1. The molecule has 1 aromatic rings. The quantitative estimate of drug-likeness (QED) is 0.489. The second-order valence-corrected chi connectivity index (χ2v) is 7.51. The van der Waals surface area contributed by atoms with Gasteiger partial charge in [0, 0.05) is 24.6 Å². The fourth-order valence-corrected chi connectivity index (χ4v) is 3.34. The molecular weight excluding hydrogens is 284 g/mol. The monoisotopic (exact) mass is 296 g/mol. The molecule has 1 aromatic heterocycles. The fourth-order valence-electron chi connectivity index (χ4n) is 1.07. The first kappa shape index (κ1) is 14.3. The summed E-state index contributed by atoms with van der Waals surface area (Å²) in [7, 11) is -3.40. The Balaban J connectivity index is 3.02. The molecule has 1 N–H and O–H groups in total. The van der Waals surface area contributed by atoms with Crippen molar-refractivity contribution in [1.82, 2.24) is 0 Å². The highest BCUT2D eigenvalue weighted by Gasteiger charge is 2.23. The summed E-state index contributed by atoms with van der Waals surface area (Å²) in [6.07, 6.45) is 2.96. The summed E-state index contributed by atoms with van der Waals surface area (Å²) in [5, 5.41) is 13.9. The predicted octanol–water partition coefficient (Wildman–Crippen LogP) is 1.83. The Hall–Kier alpha value is -0.800. The van der Waals surface area contributed by atoms with E-state index in [9.17, 15) is 18.5 Å². The molecule has 0 radical (unpaired) electrons. The largest absolute Gasteiger partial charge is 0.370 e. The van der Waals surface area contributed by atoms with E-state index < -0.39 is 14.8 Å². The maximum absolute atomic E-state index is 11.3. The summed E-state index contributed by atoms with van der Waals surface area (Å²) in [6.45, 7) is 0.561. The highest BCUT2D eigenvalue weighted by atomic mass is 32.2. The predicted molar refractivity (Wildman–Crippen MR) is 71.0 cm³/mol. The second-order valence-electron chi connectivity index (χ2n) is 3.23. The zero-order valence-corrected chi connectivity index (χ0v) is 11.7. The van der Waals surface area contributed by atoms with Gasteiger partial charge in [0.25, 0.3) is 0 Å². The molecule has 0 aliphatic heterocycles. The number of hydrogen-bond acceptors (Lipinski definition) is 7. The van der Waals surface area contributed by atoms with E-state index in [4.69, 9.17) is 0 Å². The lowest BCUT2D eigenvalue weighted by Crippen LogP contribution is -2.03. The van der Waals surface area contributed by atoms with Crippen molar-refractivity contribution in [3.8, 4) is 0 Å². The van der Waals surface area contributed by atoms with Gasteiger partial charge in [-0.15, -0.1) is 0 Å². The molecule has 0 saturated heterocycles. The van der Waals surface area contributed by atoms with Crippen molar-refractivity contribution in [2.24, 2.45) is 0 Å². The van der Waals surface area contributed by atoms with Crippen LogP contribution in [0.3, 0.4) is 0 Å². The summed E-state index contributed by atoms with van der Waals surface area (Å²) < 4.78 is 22.6. The minimum atomic E-state index is -3.40. The molecule has 1 rings (SSSR count). The maximum Gasteiger partial charge on any atom is 0.304 e. The lowest BCUT2D eigenvalue weighted by Gasteiger charge is -2.00. The molecule has 0 atom stereocenters. The summed E-state index contributed by atoms with van der Waals surface area (Å²) in [5.74, 6) is 0.795. The van der Waals surface area contributed by atoms with E-state index in [1.165, 1.54) is 0 Å². The molecule has 0 spiro atoms. The molecule has 9 heteroatoms. The van der Waals surface area contributed by atoms with Crippen LogP contribution in [-0.4, -0.2) is 38.2 Å². The molecule has 0 fully saturated rings. The molecule has 0 unspecified atom stereocenters. The van der Waals surface area contributed by atoms with Gasteiger partial charge in [-0.1, -0.05) is 11.3 Å². The molecule has 17 heavy (non-hydrogen) atoms. The number of nitrogens with zero attached hydrogens (tertiary/aromatic N) is 1. The lowest BCUT2D eigenvalue weighted by atomic mass is 10.5. The highest BCUT2D eigenvalue weighted by molar-refractivity contribution is 7.98. The van der Waals surface area contributed by atoms with Gasteiger partial charge in [0.05, 0.1) is 4.92 Å². The van der Waals surface area contributed by atoms with Gasteiger partial charge < -0.3 is 5.32 Å². The Morgan fingerprint density at radius 1 is 1.59 bits per heavy atom. The van der Waals surface area contributed by atoms with E-state index in [1.54, 1.807) is 11.8 Å². The van der Waals surface area contributed by atoms with Gasteiger partial charge in [-0.3, -0.25) is 10.1 Å². The first-order valence-electron chi connectivity index (χ1n) is 4.57. The van der Waals surface area contributed by atoms with Crippen molar-refractivity contribution >= 4 is 43.6 Å². The third kappa shape index (κ3) is 3.86. The maximum atomic E-state index is 11.3. The molecule has 6 nitrogen and oxygen atoms in total. The SMILES string of the molecule is CSCCNc1sc(S(C)(=O)=O)cc1[N+](=O)[O-]. The summed E-state index contributed by atoms with van der Waals surface area (Å²) in [6, 6.07) is 1.10. The number of nitrogens with one attached hydrogen (secondary N) is 1. The Morgan fingerprint density at radius 2 is 2.24 bits per heavy atom. The molecule has 0 amide bonds. The molecule has 0 aliphatic rings. The van der Waals surface area contributed by atoms with Crippen molar-refractivity contribution in [3.63, 3.8) is 0 Å². The van der Waals surface area contributed by atoms with Crippen molar-refractivity contribution in [2.45, 2.75) is 4.21 Å². The Kier molecular flexibility index (Phi) is 4.78. The molecule has 0 aromatic carbocycles. The molecule has 0 aliphatic carbocycles. The average Bonchev–Trinajstić information content (AvgIpc) is 2.61. The van der Waals surface area contributed by atoms with Gasteiger partial charge in [-0.25, -0.2) is 8.42 Å². The molecule has 0 bridgehead atoms. The van der Waals surface area contributed by atoms with Crippen LogP contribution in [0.2, 0.25) is 0 Å². The molecule has 1 heterocycles. The van der Waals surface area contributed by atoms with Crippen LogP contribution in [0.4, 0.5) is 10.7 Å². The third-order valence-electron chi connectivity index (χ3n) is 1.84. The zero-order valence-electron chi connectivity index (χ0n) is 9.30. The van der Waals surface area contributed by atoms with E-state index in [2.05, 4.69) is 5.32 Å². The van der Waals surface area contributed by atoms with Crippen molar-refractivity contribution in [2.75, 3.05) is 30.1 Å². The lowest BCUT2D eigenvalue weighted by molar-refractivity contribution is -0.383. The van der Waals surface area contributed by atoms with E-state index in [1.807, 2.05) is 6.26 Å². The van der Waals surface area contributed by atoms with Crippen LogP contribution in [0, 0.1) is 10.1 Å². The van der Waals surface area contributed by atoms with Gasteiger partial charge in [-0.05, 0) is 6.26 Å². The summed E-state index contributed by atoms with van der Waals surface area (Å²) in [5.41, 5.74) is -0.184. The number of hydrogen-bond donors (Lipinski definition) is 1. The highest BCUT2D eigenvalue weighted by Crippen LogP contribution is 2.36. The van der Waals surface area contributed by atoms with E-state index in [0.717, 1.165) is 29.4 Å². The number of nitro groups is 1. The Labute approximate surface area is 107 Å². The zero-order chi connectivity index (χ0) is 13.1. The topological polar surface area (TPSA) is 89.3 Å². The van der Waals surface area contributed by atoms with E-state index >= 15 is 0 Å². The summed E-state index contributed by atoms with van der Waals surface area (Å²) in [4.78, 5) is 10.2. The number of rotatable bonds is 6. The Morgan fingerprint density at radius 3 is 2.71 bits per heavy atom. The Bertz CT molecular complexity index is 509. The van der Waals surface area contributed by atoms with Crippen LogP contribution in [0.25, 0.3) is 0 Å². The van der Waals surface area contributed by atoms with Gasteiger partial charge in [0.1, 0.15) is 4.21 Å². The number of anilines is 1. The minimum Gasteiger partial charge on any atom is -0.370 e. The second kappa shape index (κ2) is 5.69. The number of sulfone groups is 1. The van der Waals surface area contributed by atoms with Crippen LogP contribution in [0.5, 0.6) is 0 Å². The smallest absolute Gasteiger partial charge is 0.304 e. The van der Waals surface area contributed by atoms with Crippen LogP contribution in [0.1, 0.15) is 0 Å². The van der Waals surface area contributed by atoms with Gasteiger partial charge >= 0.3 is 5.69 Å². The van der Waals surface area contributed by atoms with Gasteiger partial charge in [-0.2, -0.15) is 11.8 Å². The third-order valence-corrected chi connectivity index (χ3v) is 5.34. The van der Waals surface area contributed by atoms with E-state index in [-0.39, 0.29) is 9.90 Å². The first-order valence-corrected chi connectivity index (χ1v) is 8.67. The fraction of sp³-hybridized carbons (Fsp3) is 0.500. The van der Waals surface area contributed by atoms with Crippen LogP contribution >= 0.6 is 23.1 Å². The van der Waals surface area contributed by atoms with Crippen molar-refractivity contribution < 1.29 is 13.3 Å². The van der Waals surface area contributed by atoms with Crippen LogP contribution < -0.4 is 5.32 Å². The molecule has 96 valence electrons. The van der Waals surface area contributed by atoms with Crippen LogP contribution in [0.15, 0.2) is 10.3 Å². The van der Waals surface area contributed by atoms with E-state index in [0.29, 0.717) is 11.5 Å². The number of thiophene rings is 1. The molecular formula is C8H12N2O4S3. The average molecular weight is 296 g/mol. The van der Waals surface area contributed by atoms with Crippen molar-refractivity contribution in [1.29, 1.82) is 0 Å². The standard InChI is InChI=1S/C8H12N2O4S3/c1-15-4-3-9-8-6(10(11)12)5-7(16-8)17(2,13)14/h5,9H,3-4H2,1-2H3.